The molecule has 7 heteroatoms. The highest BCUT2D eigenvalue weighted by molar-refractivity contribution is 5.53. The van der Waals surface area contributed by atoms with Gasteiger partial charge < -0.3 is 20.3 Å². The first-order chi connectivity index (χ1) is 11.8. The Morgan fingerprint density at radius 3 is 1.81 bits per heavy atom. The van der Waals surface area contributed by atoms with E-state index in [9.17, 15) is 10.1 Å². The van der Waals surface area contributed by atoms with Crippen molar-refractivity contribution >= 4 is 11.4 Å². The summed E-state index contributed by atoms with van der Waals surface area (Å²) < 4.78 is 9.98. The van der Waals surface area contributed by atoms with Crippen molar-refractivity contribution < 1.29 is 20.9 Å². The molecule has 0 saturated heterocycles. The van der Waals surface area contributed by atoms with Crippen LogP contribution in [0.4, 0.5) is 11.4 Å². The van der Waals surface area contributed by atoms with Crippen LogP contribution >= 0.6 is 0 Å². The smallest absolute Gasteiger partial charge is 0.276 e. The van der Waals surface area contributed by atoms with Crippen LogP contribution in [0, 0.1) is 24.0 Å². The van der Waals surface area contributed by atoms with Crippen LogP contribution in [0.1, 0.15) is 34.3 Å². The van der Waals surface area contributed by atoms with Crippen molar-refractivity contribution in [1.29, 1.82) is 0 Å². The highest BCUT2D eigenvalue weighted by Crippen LogP contribution is 2.26. The van der Waals surface area contributed by atoms with Crippen LogP contribution in [0.25, 0.3) is 0 Å². The van der Waals surface area contributed by atoms with E-state index in [1.165, 1.54) is 13.2 Å². The summed E-state index contributed by atoms with van der Waals surface area (Å²) in [5, 5.41) is 18.0. The average Bonchev–Trinajstić information content (AvgIpc) is 2.58. The molecule has 0 unspecified atom stereocenters. The summed E-state index contributed by atoms with van der Waals surface area (Å²) in [6.07, 6.45) is 0. The molecule has 0 aromatic heterocycles. The van der Waals surface area contributed by atoms with Gasteiger partial charge in [0.15, 0.2) is 0 Å². The summed E-state index contributed by atoms with van der Waals surface area (Å²) in [7, 11) is 3.13. The van der Waals surface area contributed by atoms with Gasteiger partial charge in [-0.05, 0) is 39.0 Å². The molecule has 0 radical (unpaired) electrons. The lowest BCUT2D eigenvalue weighted by atomic mass is 10.2. The van der Waals surface area contributed by atoms with E-state index in [-0.39, 0.29) is 28.6 Å². The van der Waals surface area contributed by atoms with E-state index in [0.717, 1.165) is 17.0 Å². The Morgan fingerprint density at radius 1 is 1.04 bits per heavy atom. The van der Waals surface area contributed by atoms with Gasteiger partial charge in [-0.25, -0.2) is 0 Å². The zero-order valence-corrected chi connectivity index (χ0v) is 15.3. The fourth-order valence-electron chi connectivity index (χ4n) is 1.87. The number of nitro benzene ring substituents is 1. The summed E-state index contributed by atoms with van der Waals surface area (Å²) >= 11 is 0. The lowest BCUT2D eigenvalue weighted by Crippen LogP contribution is -1.94. The molecule has 0 saturated carbocycles. The molecule has 3 N–H and O–H groups in total. The molecule has 0 aliphatic rings. The van der Waals surface area contributed by atoms with Gasteiger partial charge in [-0.15, -0.1) is 0 Å². The highest BCUT2D eigenvalue weighted by Gasteiger charge is 2.12. The maximum Gasteiger partial charge on any atom is 0.276 e. The van der Waals surface area contributed by atoms with Gasteiger partial charge in [-0.2, -0.15) is 0 Å². The number of nitrogens with zero attached hydrogens (tertiary/aromatic N) is 1. The normalized spacial score (nSPS) is 8.37. The molecule has 2 aromatic carbocycles. The Morgan fingerprint density at radius 2 is 1.44 bits per heavy atom. The van der Waals surface area contributed by atoms with Gasteiger partial charge in [0.05, 0.1) is 24.7 Å². The van der Waals surface area contributed by atoms with Crippen molar-refractivity contribution in [2.75, 3.05) is 26.6 Å². The number of ether oxygens (including phenoxy) is 2. The van der Waals surface area contributed by atoms with E-state index in [0.29, 0.717) is 11.3 Å². The molecule has 0 aliphatic carbocycles. The van der Waals surface area contributed by atoms with E-state index < -0.39 is 4.92 Å². The minimum absolute atomic E-state index is 0. The molecular formula is C20H36N2O5. The summed E-state index contributed by atoms with van der Waals surface area (Å²) in [4.78, 5) is 10.0. The van der Waals surface area contributed by atoms with Crippen molar-refractivity contribution in [1.82, 2.24) is 0 Å². The largest absolute Gasteiger partial charge is 0.496 e. The summed E-state index contributed by atoms with van der Waals surface area (Å²) in [5.41, 5.74) is 8.05. The molecule has 0 fully saturated rings. The quantitative estimate of drug-likeness (QED) is 0.437. The summed E-state index contributed by atoms with van der Waals surface area (Å²) in [5.74, 6) is 1.39. The second kappa shape index (κ2) is 15.5. The topological polar surface area (TPSA) is 108 Å². The minimum Gasteiger partial charge on any atom is -0.496 e. The summed E-state index contributed by atoms with van der Waals surface area (Å²) in [6, 6.07) is 10.4. The van der Waals surface area contributed by atoms with E-state index in [4.69, 9.17) is 20.3 Å². The number of aliphatic hydroxyl groups excluding tert-OH is 1. The first-order valence-electron chi connectivity index (χ1n) is 7.61. The molecule has 156 valence electrons. The molecule has 0 aliphatic heterocycles. The van der Waals surface area contributed by atoms with Crippen molar-refractivity contribution in [2.24, 2.45) is 0 Å². The van der Waals surface area contributed by atoms with Crippen LogP contribution in [-0.4, -0.2) is 30.9 Å². The molecule has 0 heterocycles. The number of aliphatic hydroxyl groups is 1. The van der Waals surface area contributed by atoms with Crippen molar-refractivity contribution in [3.05, 3.63) is 57.6 Å². The predicted octanol–water partition coefficient (Wildman–Crippen LogP) is 5.01. The number of nitro groups is 1. The lowest BCUT2D eigenvalue weighted by Gasteiger charge is -2.05. The Balaban J connectivity index is -0.000000166. The number of nitrogens with two attached hydrogens (primary N) is 1. The van der Waals surface area contributed by atoms with Crippen LogP contribution in [0.5, 0.6) is 11.5 Å². The standard InChI is InChI=1S/C8H9NO3.C8H11NO.C2H6O.2CH4.H2/c1-6-7(9(10)11)4-3-5-8(6)12-2;1-6-7(9)4-3-5-8(6)10-2;1-2-3;;;/h3-5H,1-2H3;3-5H,9H2,1-2H3;3H,2H2,1H3;2*1H4;1H. The Kier molecular flexibility index (Phi) is 16.6. The molecule has 7 nitrogen and oxygen atoms in total. The Bertz CT molecular complexity index is 682. The third kappa shape index (κ3) is 9.46. The number of methoxy groups -OCH3 is 2. The molecule has 0 bridgehead atoms. The van der Waals surface area contributed by atoms with Crippen molar-refractivity contribution in [3.63, 3.8) is 0 Å². The number of nitrogen functional groups attached to an aromatic ring is 1. The van der Waals surface area contributed by atoms with Crippen LogP contribution in [0.2, 0.25) is 0 Å². The van der Waals surface area contributed by atoms with Gasteiger partial charge in [-0.1, -0.05) is 27.0 Å². The maximum atomic E-state index is 10.4. The monoisotopic (exact) mass is 384 g/mol. The van der Waals surface area contributed by atoms with Gasteiger partial charge in [0, 0.05) is 25.4 Å². The number of hydrogen-bond acceptors (Lipinski definition) is 6. The molecule has 2 aromatic rings. The van der Waals surface area contributed by atoms with Crippen molar-refractivity contribution in [2.45, 2.75) is 35.6 Å². The van der Waals surface area contributed by atoms with E-state index in [1.54, 1.807) is 33.1 Å². The second-order valence-electron chi connectivity index (χ2n) is 4.85. The van der Waals surface area contributed by atoms with Crippen LogP contribution in [0.15, 0.2) is 36.4 Å². The van der Waals surface area contributed by atoms with Crippen LogP contribution in [0.3, 0.4) is 0 Å². The average molecular weight is 385 g/mol. The number of hydrogen-bond donors (Lipinski definition) is 2. The Labute approximate surface area is 164 Å². The van der Waals surface area contributed by atoms with Gasteiger partial charge in [-0.3, -0.25) is 10.1 Å². The maximum absolute atomic E-state index is 10.4. The molecule has 2 rings (SSSR count). The minimum atomic E-state index is -0.419. The fraction of sp³-hybridized carbons (Fsp3) is 0.400. The van der Waals surface area contributed by atoms with Gasteiger partial charge in [0.1, 0.15) is 11.5 Å². The fourth-order valence-corrected chi connectivity index (χ4v) is 1.87. The molecule has 0 spiro atoms. The third-order valence-electron chi connectivity index (χ3n) is 3.22. The Hall–Kier alpha value is -2.80. The first-order valence-corrected chi connectivity index (χ1v) is 7.61. The third-order valence-corrected chi connectivity index (χ3v) is 3.22. The SMILES string of the molecule is C.C.CCO.COc1cccc(N)c1C.COc1cccc([N+](=O)[O-])c1C.[HH]. The molecule has 0 atom stereocenters. The molecule has 0 amide bonds. The predicted molar refractivity (Wildman–Crippen MR) is 115 cm³/mol. The van der Waals surface area contributed by atoms with Gasteiger partial charge >= 0.3 is 0 Å². The lowest BCUT2D eigenvalue weighted by molar-refractivity contribution is -0.385. The zero-order valence-electron chi connectivity index (χ0n) is 15.3. The first kappa shape index (κ1) is 29.0. The highest BCUT2D eigenvalue weighted by atomic mass is 16.6. The number of rotatable bonds is 3. The van der Waals surface area contributed by atoms with Crippen molar-refractivity contribution in [3.8, 4) is 11.5 Å². The van der Waals surface area contributed by atoms with Gasteiger partial charge in [0.25, 0.3) is 5.69 Å². The number of anilines is 1. The summed E-state index contributed by atoms with van der Waals surface area (Å²) in [6.45, 7) is 5.53. The zero-order chi connectivity index (χ0) is 19.4. The molecular weight excluding hydrogens is 348 g/mol. The molecule has 27 heavy (non-hydrogen) atoms. The van der Waals surface area contributed by atoms with E-state index >= 15 is 0 Å². The van der Waals surface area contributed by atoms with E-state index in [1.807, 2.05) is 25.1 Å². The van der Waals surface area contributed by atoms with Crippen LogP contribution in [-0.2, 0) is 0 Å². The van der Waals surface area contributed by atoms with Crippen LogP contribution < -0.4 is 15.2 Å². The van der Waals surface area contributed by atoms with E-state index in [2.05, 4.69) is 0 Å². The van der Waals surface area contributed by atoms with Gasteiger partial charge in [0.2, 0.25) is 0 Å². The second-order valence-corrected chi connectivity index (χ2v) is 4.85. The number of benzene rings is 2.